The van der Waals surface area contributed by atoms with E-state index in [-0.39, 0.29) is 0 Å². The van der Waals surface area contributed by atoms with Crippen molar-refractivity contribution in [1.29, 1.82) is 0 Å². The number of halogens is 4. The molecule has 0 saturated heterocycles. The molecule has 1 heterocycles. The quantitative estimate of drug-likeness (QED) is 0.587. The van der Waals surface area contributed by atoms with E-state index < -0.39 is 7.25 Å². The van der Waals surface area contributed by atoms with Crippen LogP contribution in [0, 0.1) is 0 Å². The van der Waals surface area contributed by atoms with Crippen LogP contribution in [0.4, 0.5) is 17.3 Å². The van der Waals surface area contributed by atoms with Crippen molar-refractivity contribution in [2.24, 2.45) is 0 Å². The SMILES string of the molecule is CCCNN1C=CN(C)C1.F[B-](F)(F)F. The van der Waals surface area contributed by atoms with E-state index in [4.69, 9.17) is 0 Å². The summed E-state index contributed by atoms with van der Waals surface area (Å²) >= 11 is 0. The molecular formula is C7H15BF4N3-. The van der Waals surface area contributed by atoms with Crippen LogP contribution < -0.4 is 5.43 Å². The Hall–Kier alpha value is -0.915. The predicted octanol–water partition coefficient (Wildman–Crippen LogP) is 1.88. The molecule has 3 nitrogen and oxygen atoms in total. The maximum absolute atomic E-state index is 9.75. The molecule has 1 N–H and O–H groups in total. The standard InChI is InChI=1S/C7H15N3.BF4/c1-3-4-8-10-6-5-9(2)7-10;2-1(3,4)5/h5-6,8H,3-4,7H2,1-2H3;/q;-1. The summed E-state index contributed by atoms with van der Waals surface area (Å²) in [5.41, 5.74) is 3.27. The predicted molar refractivity (Wildman–Crippen MR) is 52.1 cm³/mol. The Labute approximate surface area is 86.8 Å². The van der Waals surface area contributed by atoms with Crippen LogP contribution in [-0.2, 0) is 0 Å². The van der Waals surface area contributed by atoms with Gasteiger partial charge in [-0.15, -0.1) is 0 Å². The molecular weight excluding hydrogens is 213 g/mol. The summed E-state index contributed by atoms with van der Waals surface area (Å²) in [5.74, 6) is 0. The molecule has 90 valence electrons. The molecule has 0 atom stereocenters. The number of nitrogens with zero attached hydrogens (tertiary/aromatic N) is 2. The maximum Gasteiger partial charge on any atom is 0.673 e. The second kappa shape index (κ2) is 6.55. The fourth-order valence-electron chi connectivity index (χ4n) is 0.887. The Morgan fingerprint density at radius 2 is 1.80 bits per heavy atom. The lowest BCUT2D eigenvalue weighted by atomic mass is 10.3. The largest absolute Gasteiger partial charge is 0.673 e. The van der Waals surface area contributed by atoms with Gasteiger partial charge in [0.05, 0.1) is 0 Å². The minimum Gasteiger partial charge on any atom is -0.418 e. The average molecular weight is 228 g/mol. The van der Waals surface area contributed by atoms with Gasteiger partial charge < -0.3 is 22.2 Å². The van der Waals surface area contributed by atoms with Gasteiger partial charge in [-0.1, -0.05) is 6.92 Å². The molecule has 1 aliphatic rings. The second-order valence-corrected chi connectivity index (χ2v) is 3.07. The highest BCUT2D eigenvalue weighted by atomic mass is 19.5. The van der Waals surface area contributed by atoms with Gasteiger partial charge in [0.1, 0.15) is 6.67 Å². The molecule has 0 aromatic rings. The Morgan fingerprint density at radius 3 is 2.13 bits per heavy atom. The first-order valence-corrected chi connectivity index (χ1v) is 4.59. The third-order valence-corrected chi connectivity index (χ3v) is 1.44. The van der Waals surface area contributed by atoms with Crippen LogP contribution in [0.25, 0.3) is 0 Å². The van der Waals surface area contributed by atoms with Crippen molar-refractivity contribution in [2.75, 3.05) is 20.3 Å². The van der Waals surface area contributed by atoms with Crippen molar-refractivity contribution in [3.05, 3.63) is 12.4 Å². The molecule has 8 heteroatoms. The smallest absolute Gasteiger partial charge is 0.418 e. The molecule has 0 bridgehead atoms. The third-order valence-electron chi connectivity index (χ3n) is 1.44. The van der Waals surface area contributed by atoms with Crippen molar-refractivity contribution in [2.45, 2.75) is 13.3 Å². The third kappa shape index (κ3) is 11.0. The summed E-state index contributed by atoms with van der Waals surface area (Å²) in [6, 6.07) is 0. The number of hydrazine groups is 1. The van der Waals surface area contributed by atoms with Crippen LogP contribution in [-0.4, -0.2) is 37.4 Å². The normalized spacial score (nSPS) is 15.3. The monoisotopic (exact) mass is 228 g/mol. The van der Waals surface area contributed by atoms with Gasteiger partial charge in [-0.05, 0) is 6.42 Å². The first kappa shape index (κ1) is 14.1. The fraction of sp³-hybridized carbons (Fsp3) is 0.714. The van der Waals surface area contributed by atoms with Crippen molar-refractivity contribution in [3.63, 3.8) is 0 Å². The van der Waals surface area contributed by atoms with Crippen LogP contribution >= 0.6 is 0 Å². The van der Waals surface area contributed by atoms with E-state index in [9.17, 15) is 17.3 Å². The van der Waals surface area contributed by atoms with Gasteiger partial charge in [-0.3, -0.25) is 5.01 Å². The van der Waals surface area contributed by atoms with Gasteiger partial charge in [-0.25, -0.2) is 5.43 Å². The molecule has 0 aromatic carbocycles. The second-order valence-electron chi connectivity index (χ2n) is 3.07. The summed E-state index contributed by atoms with van der Waals surface area (Å²) in [5, 5.41) is 2.09. The van der Waals surface area contributed by atoms with E-state index in [0.29, 0.717) is 0 Å². The van der Waals surface area contributed by atoms with Crippen LogP contribution in [0.1, 0.15) is 13.3 Å². The van der Waals surface area contributed by atoms with Crippen LogP contribution in [0.2, 0.25) is 0 Å². The highest BCUT2D eigenvalue weighted by Gasteiger charge is 2.20. The van der Waals surface area contributed by atoms with Crippen molar-refractivity contribution in [1.82, 2.24) is 15.3 Å². The van der Waals surface area contributed by atoms with Crippen molar-refractivity contribution >= 4 is 7.25 Å². The minimum atomic E-state index is -6.00. The summed E-state index contributed by atoms with van der Waals surface area (Å²) in [4.78, 5) is 2.13. The topological polar surface area (TPSA) is 18.5 Å². The Balaban J connectivity index is 0.000000336. The van der Waals surface area contributed by atoms with Gasteiger partial charge in [-0.2, -0.15) is 0 Å². The number of hydrogen-bond acceptors (Lipinski definition) is 3. The van der Waals surface area contributed by atoms with Gasteiger partial charge in [0.25, 0.3) is 0 Å². The molecule has 0 fully saturated rings. The lowest BCUT2D eigenvalue weighted by Gasteiger charge is -2.18. The Kier molecular flexibility index (Phi) is 6.15. The first-order valence-electron chi connectivity index (χ1n) is 4.59. The Morgan fingerprint density at radius 1 is 1.27 bits per heavy atom. The Bertz CT molecular complexity index is 191. The highest BCUT2D eigenvalue weighted by Crippen LogP contribution is 2.06. The van der Waals surface area contributed by atoms with E-state index in [2.05, 4.69) is 41.7 Å². The van der Waals surface area contributed by atoms with Gasteiger partial charge >= 0.3 is 7.25 Å². The zero-order valence-electron chi connectivity index (χ0n) is 8.76. The van der Waals surface area contributed by atoms with Crippen LogP contribution in [0.3, 0.4) is 0 Å². The van der Waals surface area contributed by atoms with E-state index in [1.165, 1.54) is 6.42 Å². The first-order chi connectivity index (χ1) is 6.83. The van der Waals surface area contributed by atoms with Gasteiger partial charge in [0.15, 0.2) is 0 Å². The zero-order chi connectivity index (χ0) is 11.9. The van der Waals surface area contributed by atoms with E-state index in [0.717, 1.165) is 13.2 Å². The van der Waals surface area contributed by atoms with Crippen LogP contribution in [0.5, 0.6) is 0 Å². The number of rotatable bonds is 3. The highest BCUT2D eigenvalue weighted by molar-refractivity contribution is 6.50. The molecule has 1 aliphatic heterocycles. The zero-order valence-corrected chi connectivity index (χ0v) is 8.76. The maximum atomic E-state index is 9.75. The molecule has 15 heavy (non-hydrogen) atoms. The van der Waals surface area contributed by atoms with Crippen LogP contribution in [0.15, 0.2) is 12.4 Å². The van der Waals surface area contributed by atoms with Gasteiger partial charge in [0.2, 0.25) is 0 Å². The minimum absolute atomic E-state index is 0.958. The molecule has 0 radical (unpaired) electrons. The molecule has 0 aromatic heterocycles. The van der Waals surface area contributed by atoms with Gasteiger partial charge in [0, 0.05) is 26.0 Å². The van der Waals surface area contributed by atoms with E-state index in [1.807, 2.05) is 0 Å². The molecule has 1 rings (SSSR count). The summed E-state index contributed by atoms with van der Waals surface area (Å²) < 4.78 is 39.0. The number of nitrogens with one attached hydrogen (secondary N) is 1. The summed E-state index contributed by atoms with van der Waals surface area (Å²) in [7, 11) is -3.94. The summed E-state index contributed by atoms with van der Waals surface area (Å²) in [6.45, 7) is 4.18. The summed E-state index contributed by atoms with van der Waals surface area (Å²) in [6.07, 6.45) is 5.28. The molecule has 0 amide bonds. The lowest BCUT2D eigenvalue weighted by Crippen LogP contribution is -2.35. The molecule has 0 spiro atoms. The number of hydrogen-bond donors (Lipinski definition) is 1. The molecule has 0 aliphatic carbocycles. The van der Waals surface area contributed by atoms with E-state index >= 15 is 0 Å². The molecule has 0 saturated carbocycles. The average Bonchev–Trinajstić information content (AvgIpc) is 2.45. The van der Waals surface area contributed by atoms with Crippen molar-refractivity contribution < 1.29 is 17.3 Å². The van der Waals surface area contributed by atoms with E-state index in [1.54, 1.807) is 0 Å². The molecule has 0 unspecified atom stereocenters. The van der Waals surface area contributed by atoms with Crippen molar-refractivity contribution in [3.8, 4) is 0 Å². The lowest BCUT2D eigenvalue weighted by molar-refractivity contribution is 0.224. The fourth-order valence-corrected chi connectivity index (χ4v) is 0.887.